The molecule has 0 aliphatic rings. The standard InChI is InChI=1S/C12H11ClFN3O/c1-2-8-11(15)16-6-17-12(8)18-7-3-4-9(13)10(14)5-7/h3-6H,2H2,1H3,(H2,15,16,17). The monoisotopic (exact) mass is 267 g/mol. The molecule has 0 aliphatic carbocycles. The van der Waals surface area contributed by atoms with Gasteiger partial charge in [0.25, 0.3) is 0 Å². The van der Waals surface area contributed by atoms with Gasteiger partial charge in [-0.1, -0.05) is 18.5 Å². The molecular formula is C12H11ClFN3O. The maximum atomic E-state index is 13.3. The molecule has 0 unspecified atom stereocenters. The van der Waals surface area contributed by atoms with Gasteiger partial charge in [0, 0.05) is 6.07 Å². The van der Waals surface area contributed by atoms with Crippen LogP contribution in [0.5, 0.6) is 11.6 Å². The molecule has 0 spiro atoms. The Labute approximate surface area is 109 Å². The van der Waals surface area contributed by atoms with Crippen molar-refractivity contribution in [1.29, 1.82) is 0 Å². The molecule has 0 amide bonds. The van der Waals surface area contributed by atoms with E-state index in [1.807, 2.05) is 6.92 Å². The third-order valence-corrected chi connectivity index (χ3v) is 2.70. The fourth-order valence-corrected chi connectivity index (χ4v) is 1.60. The summed E-state index contributed by atoms with van der Waals surface area (Å²) < 4.78 is 18.8. The first-order valence-corrected chi connectivity index (χ1v) is 5.72. The van der Waals surface area contributed by atoms with Crippen molar-refractivity contribution in [3.63, 3.8) is 0 Å². The van der Waals surface area contributed by atoms with Crippen LogP contribution in [-0.2, 0) is 6.42 Å². The van der Waals surface area contributed by atoms with Gasteiger partial charge in [0.2, 0.25) is 5.88 Å². The SMILES string of the molecule is CCc1c(N)ncnc1Oc1ccc(Cl)c(F)c1. The van der Waals surface area contributed by atoms with Crippen LogP contribution in [0.25, 0.3) is 0 Å². The second-order valence-corrected chi connectivity index (χ2v) is 3.98. The van der Waals surface area contributed by atoms with Crippen molar-refractivity contribution >= 4 is 17.4 Å². The topological polar surface area (TPSA) is 61.0 Å². The maximum absolute atomic E-state index is 13.3. The van der Waals surface area contributed by atoms with Crippen molar-refractivity contribution in [3.05, 3.63) is 40.9 Å². The Hall–Kier alpha value is -1.88. The van der Waals surface area contributed by atoms with Crippen molar-refractivity contribution in [1.82, 2.24) is 9.97 Å². The maximum Gasteiger partial charge on any atom is 0.227 e. The molecule has 2 aromatic rings. The van der Waals surface area contributed by atoms with E-state index in [0.29, 0.717) is 29.4 Å². The number of ether oxygens (including phenoxy) is 1. The van der Waals surface area contributed by atoms with E-state index >= 15 is 0 Å². The van der Waals surface area contributed by atoms with Crippen molar-refractivity contribution < 1.29 is 9.13 Å². The van der Waals surface area contributed by atoms with Gasteiger partial charge in [-0.25, -0.2) is 14.4 Å². The van der Waals surface area contributed by atoms with Gasteiger partial charge in [-0.2, -0.15) is 0 Å². The third kappa shape index (κ3) is 2.51. The first-order chi connectivity index (χ1) is 8.61. The number of aromatic nitrogens is 2. The molecule has 18 heavy (non-hydrogen) atoms. The molecule has 0 atom stereocenters. The van der Waals surface area contributed by atoms with Crippen LogP contribution >= 0.6 is 11.6 Å². The molecule has 2 rings (SSSR count). The molecule has 1 aromatic carbocycles. The molecule has 6 heteroatoms. The molecule has 1 heterocycles. The second kappa shape index (κ2) is 5.18. The van der Waals surface area contributed by atoms with Gasteiger partial charge in [0.1, 0.15) is 23.7 Å². The predicted molar refractivity (Wildman–Crippen MR) is 67.3 cm³/mol. The Bertz CT molecular complexity index is 577. The zero-order chi connectivity index (χ0) is 13.1. The van der Waals surface area contributed by atoms with Gasteiger partial charge >= 0.3 is 0 Å². The van der Waals surface area contributed by atoms with Crippen LogP contribution in [0.15, 0.2) is 24.5 Å². The van der Waals surface area contributed by atoms with E-state index in [4.69, 9.17) is 22.1 Å². The lowest BCUT2D eigenvalue weighted by atomic mass is 10.2. The fraction of sp³-hybridized carbons (Fsp3) is 0.167. The second-order valence-electron chi connectivity index (χ2n) is 3.57. The zero-order valence-corrected chi connectivity index (χ0v) is 10.4. The summed E-state index contributed by atoms with van der Waals surface area (Å²) in [6, 6.07) is 4.17. The first kappa shape index (κ1) is 12.6. The van der Waals surface area contributed by atoms with E-state index in [0.717, 1.165) is 0 Å². The number of benzene rings is 1. The number of nitrogens with two attached hydrogens (primary N) is 1. The Morgan fingerprint density at radius 3 is 2.83 bits per heavy atom. The highest BCUT2D eigenvalue weighted by Crippen LogP contribution is 2.28. The molecule has 0 radical (unpaired) electrons. The van der Waals surface area contributed by atoms with Crippen LogP contribution in [0.1, 0.15) is 12.5 Å². The van der Waals surface area contributed by atoms with Gasteiger partial charge in [-0.3, -0.25) is 0 Å². The van der Waals surface area contributed by atoms with Gasteiger partial charge in [0.05, 0.1) is 10.6 Å². The van der Waals surface area contributed by atoms with Gasteiger partial charge in [-0.15, -0.1) is 0 Å². The van der Waals surface area contributed by atoms with Gasteiger partial charge in [0.15, 0.2) is 0 Å². The van der Waals surface area contributed by atoms with Crippen molar-refractivity contribution in [2.75, 3.05) is 5.73 Å². The molecule has 0 bridgehead atoms. The highest BCUT2D eigenvalue weighted by atomic mass is 35.5. The first-order valence-electron chi connectivity index (χ1n) is 5.34. The molecule has 0 fully saturated rings. The minimum absolute atomic E-state index is 0.0419. The molecule has 0 saturated carbocycles. The van der Waals surface area contributed by atoms with E-state index in [2.05, 4.69) is 9.97 Å². The summed E-state index contributed by atoms with van der Waals surface area (Å²) in [6.07, 6.45) is 1.92. The van der Waals surface area contributed by atoms with Gasteiger partial charge in [-0.05, 0) is 18.6 Å². The Balaban J connectivity index is 2.34. The summed E-state index contributed by atoms with van der Waals surface area (Å²) >= 11 is 5.59. The lowest BCUT2D eigenvalue weighted by molar-refractivity contribution is 0.451. The minimum Gasteiger partial charge on any atom is -0.438 e. The predicted octanol–water partition coefficient (Wildman–Crippen LogP) is 3.21. The van der Waals surface area contributed by atoms with Crippen LogP contribution in [0.3, 0.4) is 0 Å². The van der Waals surface area contributed by atoms with Crippen molar-refractivity contribution in [3.8, 4) is 11.6 Å². The molecule has 0 aliphatic heterocycles. The Morgan fingerprint density at radius 2 is 2.17 bits per heavy atom. The number of hydrogen-bond donors (Lipinski definition) is 1. The summed E-state index contributed by atoms with van der Waals surface area (Å²) in [6.45, 7) is 1.91. The van der Waals surface area contributed by atoms with Crippen LogP contribution < -0.4 is 10.5 Å². The molecule has 1 aromatic heterocycles. The summed E-state index contributed by atoms with van der Waals surface area (Å²) in [5.41, 5.74) is 6.40. The zero-order valence-electron chi connectivity index (χ0n) is 9.65. The smallest absolute Gasteiger partial charge is 0.227 e. The normalized spacial score (nSPS) is 10.4. The van der Waals surface area contributed by atoms with Crippen LogP contribution in [0, 0.1) is 5.82 Å². The van der Waals surface area contributed by atoms with Crippen LogP contribution in [0.4, 0.5) is 10.2 Å². The minimum atomic E-state index is -0.547. The number of halogens is 2. The molecular weight excluding hydrogens is 257 g/mol. The Kier molecular flexibility index (Phi) is 3.62. The highest BCUT2D eigenvalue weighted by molar-refractivity contribution is 6.30. The average Bonchev–Trinajstić information content (AvgIpc) is 2.34. The summed E-state index contributed by atoms with van der Waals surface area (Å²) in [7, 11) is 0. The summed E-state index contributed by atoms with van der Waals surface area (Å²) in [5, 5.41) is 0.0419. The lowest BCUT2D eigenvalue weighted by Gasteiger charge is -2.10. The number of rotatable bonds is 3. The van der Waals surface area contributed by atoms with E-state index < -0.39 is 5.82 Å². The summed E-state index contributed by atoms with van der Waals surface area (Å²) in [4.78, 5) is 7.86. The number of anilines is 1. The highest BCUT2D eigenvalue weighted by Gasteiger charge is 2.10. The fourth-order valence-electron chi connectivity index (χ4n) is 1.48. The molecule has 4 nitrogen and oxygen atoms in total. The van der Waals surface area contributed by atoms with E-state index in [-0.39, 0.29) is 5.02 Å². The van der Waals surface area contributed by atoms with E-state index in [9.17, 15) is 4.39 Å². The van der Waals surface area contributed by atoms with Gasteiger partial charge < -0.3 is 10.5 Å². The average molecular weight is 268 g/mol. The largest absolute Gasteiger partial charge is 0.438 e. The number of hydrogen-bond acceptors (Lipinski definition) is 4. The van der Waals surface area contributed by atoms with Crippen molar-refractivity contribution in [2.24, 2.45) is 0 Å². The van der Waals surface area contributed by atoms with Crippen LogP contribution in [0.2, 0.25) is 5.02 Å². The van der Waals surface area contributed by atoms with Crippen molar-refractivity contribution in [2.45, 2.75) is 13.3 Å². The third-order valence-electron chi connectivity index (χ3n) is 2.40. The number of nitrogens with zero attached hydrogens (tertiary/aromatic N) is 2. The quantitative estimate of drug-likeness (QED) is 0.928. The molecule has 0 saturated heterocycles. The lowest BCUT2D eigenvalue weighted by Crippen LogP contribution is -2.01. The molecule has 2 N–H and O–H groups in total. The van der Waals surface area contributed by atoms with E-state index in [1.165, 1.54) is 18.5 Å². The summed E-state index contributed by atoms with van der Waals surface area (Å²) in [5.74, 6) is 0.447. The van der Waals surface area contributed by atoms with Crippen LogP contribution in [-0.4, -0.2) is 9.97 Å². The van der Waals surface area contributed by atoms with E-state index in [1.54, 1.807) is 6.07 Å². The number of nitrogen functional groups attached to an aromatic ring is 1. The Morgan fingerprint density at radius 1 is 1.39 bits per heavy atom. The molecule has 94 valence electrons.